The quantitative estimate of drug-likeness (QED) is 0.801. The van der Waals surface area contributed by atoms with Crippen molar-refractivity contribution >= 4 is 6.29 Å². The van der Waals surface area contributed by atoms with Crippen molar-refractivity contribution in [2.75, 3.05) is 6.61 Å². The first kappa shape index (κ1) is 15.0. The molecule has 6 heteroatoms. The molecule has 0 atom stereocenters. The summed E-state index contributed by atoms with van der Waals surface area (Å²) in [6, 6.07) is 6.96. The van der Waals surface area contributed by atoms with Crippen LogP contribution < -0.4 is 4.74 Å². The van der Waals surface area contributed by atoms with Gasteiger partial charge in [-0.25, -0.2) is 0 Å². The highest BCUT2D eigenvalue weighted by atomic mass is 19.4. The summed E-state index contributed by atoms with van der Waals surface area (Å²) in [5.41, 5.74) is 0.421. The second-order valence-electron chi connectivity index (χ2n) is 4.27. The Balaban J connectivity index is 2.41. The van der Waals surface area contributed by atoms with Gasteiger partial charge in [-0.05, 0) is 37.3 Å². The van der Waals surface area contributed by atoms with Crippen molar-refractivity contribution in [1.29, 1.82) is 0 Å². The minimum Gasteiger partial charge on any atom is -0.494 e. The molecule has 2 aromatic rings. The van der Waals surface area contributed by atoms with E-state index >= 15 is 0 Å². The number of ether oxygens (including phenoxy) is 1. The van der Waals surface area contributed by atoms with E-state index in [1.165, 1.54) is 6.07 Å². The Labute approximate surface area is 119 Å². The third-order valence-electron chi connectivity index (χ3n) is 2.76. The summed E-state index contributed by atoms with van der Waals surface area (Å²) in [7, 11) is 0. The highest BCUT2D eigenvalue weighted by molar-refractivity contribution is 5.79. The lowest BCUT2D eigenvalue weighted by molar-refractivity contribution is -0.137. The van der Waals surface area contributed by atoms with E-state index in [9.17, 15) is 18.0 Å². The molecule has 1 aromatic heterocycles. The number of hydrogen-bond donors (Lipinski definition) is 0. The summed E-state index contributed by atoms with van der Waals surface area (Å²) in [5, 5.41) is 0. The van der Waals surface area contributed by atoms with E-state index in [0.29, 0.717) is 35.5 Å². The van der Waals surface area contributed by atoms with Gasteiger partial charge in [-0.2, -0.15) is 13.2 Å². The monoisotopic (exact) mass is 295 g/mol. The lowest BCUT2D eigenvalue weighted by Gasteiger charge is -2.09. The predicted octanol–water partition coefficient (Wildman–Crippen LogP) is 3.98. The number of benzene rings is 1. The van der Waals surface area contributed by atoms with Gasteiger partial charge in [0.25, 0.3) is 0 Å². The molecule has 0 aliphatic rings. The van der Waals surface area contributed by atoms with E-state index in [2.05, 4.69) is 4.98 Å². The van der Waals surface area contributed by atoms with Crippen LogP contribution in [0.15, 0.2) is 36.5 Å². The van der Waals surface area contributed by atoms with Gasteiger partial charge in [0, 0.05) is 17.3 Å². The van der Waals surface area contributed by atoms with Crippen LogP contribution in [0.2, 0.25) is 0 Å². The van der Waals surface area contributed by atoms with Gasteiger partial charge < -0.3 is 4.74 Å². The van der Waals surface area contributed by atoms with Gasteiger partial charge in [-0.15, -0.1) is 0 Å². The first-order chi connectivity index (χ1) is 9.94. The second-order valence-corrected chi connectivity index (χ2v) is 4.27. The van der Waals surface area contributed by atoms with Crippen molar-refractivity contribution < 1.29 is 22.7 Å². The molecule has 0 aliphatic heterocycles. The van der Waals surface area contributed by atoms with Gasteiger partial charge in [-0.3, -0.25) is 9.78 Å². The van der Waals surface area contributed by atoms with Crippen molar-refractivity contribution in [3.05, 3.63) is 47.7 Å². The Morgan fingerprint density at radius 2 is 2.00 bits per heavy atom. The summed E-state index contributed by atoms with van der Waals surface area (Å²) in [5.74, 6) is 0.471. The van der Waals surface area contributed by atoms with Gasteiger partial charge in [0.05, 0.1) is 17.9 Å². The zero-order chi connectivity index (χ0) is 15.5. The minimum absolute atomic E-state index is 0.340. The SMILES string of the molecule is CCOc1cc(C=O)cc(-c2ccc(C(F)(F)F)cn2)c1. The summed E-state index contributed by atoms with van der Waals surface area (Å²) < 4.78 is 42.8. The Morgan fingerprint density at radius 3 is 2.52 bits per heavy atom. The lowest BCUT2D eigenvalue weighted by Crippen LogP contribution is -2.05. The molecule has 0 amide bonds. The summed E-state index contributed by atoms with van der Waals surface area (Å²) in [6.07, 6.45) is -3.01. The molecule has 0 N–H and O–H groups in total. The van der Waals surface area contributed by atoms with E-state index in [-0.39, 0.29) is 0 Å². The third kappa shape index (κ3) is 3.59. The number of aldehydes is 1. The van der Waals surface area contributed by atoms with Crippen LogP contribution in [0.25, 0.3) is 11.3 Å². The van der Waals surface area contributed by atoms with Crippen LogP contribution in [-0.4, -0.2) is 17.9 Å². The third-order valence-corrected chi connectivity index (χ3v) is 2.76. The number of carbonyl (C=O) groups excluding carboxylic acids is 1. The van der Waals surface area contributed by atoms with Gasteiger partial charge in [0.2, 0.25) is 0 Å². The molecule has 2 rings (SSSR count). The number of halogens is 3. The number of pyridine rings is 1. The van der Waals surface area contributed by atoms with E-state index < -0.39 is 11.7 Å². The van der Waals surface area contributed by atoms with Gasteiger partial charge >= 0.3 is 6.18 Å². The average molecular weight is 295 g/mol. The average Bonchev–Trinajstić information content (AvgIpc) is 2.46. The molecule has 0 aliphatic carbocycles. The number of hydrogen-bond acceptors (Lipinski definition) is 3. The molecule has 110 valence electrons. The highest BCUT2D eigenvalue weighted by Gasteiger charge is 2.30. The molecule has 0 unspecified atom stereocenters. The van der Waals surface area contributed by atoms with Crippen LogP contribution >= 0.6 is 0 Å². The van der Waals surface area contributed by atoms with Crippen molar-refractivity contribution in [3.63, 3.8) is 0 Å². The summed E-state index contributed by atoms with van der Waals surface area (Å²) in [6.45, 7) is 2.21. The van der Waals surface area contributed by atoms with Gasteiger partial charge in [0.15, 0.2) is 0 Å². The molecule has 0 spiro atoms. The largest absolute Gasteiger partial charge is 0.494 e. The van der Waals surface area contributed by atoms with Gasteiger partial charge in [0.1, 0.15) is 12.0 Å². The van der Waals surface area contributed by atoms with Crippen LogP contribution in [0.1, 0.15) is 22.8 Å². The van der Waals surface area contributed by atoms with E-state index in [1.54, 1.807) is 25.1 Å². The summed E-state index contributed by atoms with van der Waals surface area (Å²) in [4.78, 5) is 14.7. The molecular weight excluding hydrogens is 283 g/mol. The number of nitrogens with zero attached hydrogens (tertiary/aromatic N) is 1. The lowest BCUT2D eigenvalue weighted by atomic mass is 10.1. The van der Waals surface area contributed by atoms with Crippen LogP contribution in [0.3, 0.4) is 0 Å². The number of alkyl halides is 3. The Bertz CT molecular complexity index is 636. The van der Waals surface area contributed by atoms with E-state index in [0.717, 1.165) is 12.3 Å². The van der Waals surface area contributed by atoms with Crippen LogP contribution in [-0.2, 0) is 6.18 Å². The Morgan fingerprint density at radius 1 is 1.24 bits per heavy atom. The molecule has 0 fully saturated rings. The fourth-order valence-electron chi connectivity index (χ4n) is 1.82. The Kier molecular flexibility index (Phi) is 4.26. The molecule has 0 bridgehead atoms. The smallest absolute Gasteiger partial charge is 0.417 e. The van der Waals surface area contributed by atoms with Crippen LogP contribution in [0.4, 0.5) is 13.2 Å². The maximum atomic E-state index is 12.5. The molecule has 3 nitrogen and oxygen atoms in total. The molecule has 1 heterocycles. The molecule has 0 radical (unpaired) electrons. The molecular formula is C15H12F3NO2. The molecule has 0 saturated carbocycles. The standard InChI is InChI=1S/C15H12F3NO2/c1-2-21-13-6-10(9-20)5-11(7-13)14-4-3-12(8-19-14)15(16,17)18/h3-9H,2H2,1H3. The zero-order valence-electron chi connectivity index (χ0n) is 11.1. The van der Waals surface area contributed by atoms with Crippen molar-refractivity contribution in [3.8, 4) is 17.0 Å². The second kappa shape index (κ2) is 5.95. The van der Waals surface area contributed by atoms with Crippen molar-refractivity contribution in [2.45, 2.75) is 13.1 Å². The minimum atomic E-state index is -4.42. The number of aromatic nitrogens is 1. The zero-order valence-corrected chi connectivity index (χ0v) is 11.1. The van der Waals surface area contributed by atoms with Gasteiger partial charge in [-0.1, -0.05) is 0 Å². The maximum Gasteiger partial charge on any atom is 0.417 e. The summed E-state index contributed by atoms with van der Waals surface area (Å²) >= 11 is 0. The first-order valence-electron chi connectivity index (χ1n) is 6.20. The fraction of sp³-hybridized carbons (Fsp3) is 0.200. The van der Waals surface area contributed by atoms with E-state index in [4.69, 9.17) is 4.74 Å². The van der Waals surface area contributed by atoms with Crippen molar-refractivity contribution in [1.82, 2.24) is 4.98 Å². The molecule has 0 saturated heterocycles. The molecule has 1 aromatic carbocycles. The number of rotatable bonds is 4. The Hall–Kier alpha value is -2.37. The van der Waals surface area contributed by atoms with E-state index in [1.807, 2.05) is 0 Å². The normalized spacial score (nSPS) is 11.2. The highest BCUT2D eigenvalue weighted by Crippen LogP contribution is 2.30. The topological polar surface area (TPSA) is 39.2 Å². The fourth-order valence-corrected chi connectivity index (χ4v) is 1.82. The predicted molar refractivity (Wildman–Crippen MR) is 71.2 cm³/mol. The van der Waals surface area contributed by atoms with Crippen molar-refractivity contribution in [2.24, 2.45) is 0 Å². The first-order valence-corrected chi connectivity index (χ1v) is 6.20. The maximum absolute atomic E-state index is 12.5. The van der Waals surface area contributed by atoms with Crippen LogP contribution in [0.5, 0.6) is 5.75 Å². The van der Waals surface area contributed by atoms with Crippen LogP contribution in [0, 0.1) is 0 Å². The number of carbonyl (C=O) groups is 1. The molecule has 21 heavy (non-hydrogen) atoms.